The Labute approximate surface area is 156 Å². The Morgan fingerprint density at radius 3 is 2.77 bits per heavy atom. The van der Waals surface area contributed by atoms with Gasteiger partial charge in [0, 0.05) is 25.4 Å². The van der Waals surface area contributed by atoms with E-state index in [0.717, 1.165) is 12.8 Å². The van der Waals surface area contributed by atoms with E-state index in [4.69, 9.17) is 14.2 Å². The summed E-state index contributed by atoms with van der Waals surface area (Å²) in [6.07, 6.45) is 0.172. The molecule has 146 valence electrons. The lowest BCUT2D eigenvalue weighted by Gasteiger charge is -2.20. The van der Waals surface area contributed by atoms with Crippen LogP contribution in [0.5, 0.6) is 0 Å². The van der Waals surface area contributed by atoms with Gasteiger partial charge in [0.2, 0.25) is 6.29 Å². The van der Waals surface area contributed by atoms with Gasteiger partial charge >= 0.3 is 12.1 Å². The van der Waals surface area contributed by atoms with E-state index in [9.17, 15) is 14.5 Å². The van der Waals surface area contributed by atoms with Crippen LogP contribution in [0.3, 0.4) is 0 Å². The third-order valence-electron chi connectivity index (χ3n) is 3.19. The van der Waals surface area contributed by atoms with Crippen LogP contribution in [0.15, 0.2) is 22.9 Å². The summed E-state index contributed by atoms with van der Waals surface area (Å²) in [4.78, 5) is 40.1. The van der Waals surface area contributed by atoms with Gasteiger partial charge in [-0.2, -0.15) is 0 Å². The number of esters is 1. The molecule has 0 aromatic carbocycles. The maximum Gasteiger partial charge on any atom is 0.412 e. The van der Waals surface area contributed by atoms with Crippen molar-refractivity contribution in [3.05, 3.63) is 27.3 Å². The van der Waals surface area contributed by atoms with E-state index in [0.29, 0.717) is 6.54 Å². The van der Waals surface area contributed by atoms with E-state index in [1.807, 2.05) is 11.4 Å². The minimum atomic E-state index is -0.989. The van der Waals surface area contributed by atoms with Gasteiger partial charge in [-0.15, -0.1) is 16.2 Å². The van der Waals surface area contributed by atoms with Crippen molar-refractivity contribution in [3.63, 3.8) is 0 Å². The molecule has 1 unspecified atom stereocenters. The summed E-state index contributed by atoms with van der Waals surface area (Å²) in [6, 6.07) is 4.05. The Hall–Kier alpha value is -2.20. The molecule has 0 aliphatic rings. The minimum absolute atomic E-state index is 0.00688. The van der Waals surface area contributed by atoms with Crippen LogP contribution in [-0.2, 0) is 30.3 Å². The second-order valence-electron chi connectivity index (χ2n) is 5.32. The summed E-state index contributed by atoms with van der Waals surface area (Å²) in [5.41, 5.74) is 0. The number of hydrogen-bond acceptors (Lipinski definition) is 9. The first-order valence-corrected chi connectivity index (χ1v) is 9.07. The van der Waals surface area contributed by atoms with Gasteiger partial charge < -0.3 is 23.9 Å². The van der Waals surface area contributed by atoms with Crippen molar-refractivity contribution in [1.29, 1.82) is 0 Å². The number of rotatable bonds is 13. The van der Waals surface area contributed by atoms with Gasteiger partial charge in [0.1, 0.15) is 6.61 Å². The molecule has 10 heteroatoms. The molecule has 1 atom stereocenters. The smallest absolute Gasteiger partial charge is 0.412 e. The van der Waals surface area contributed by atoms with E-state index < -0.39 is 18.4 Å². The average molecular weight is 388 g/mol. The van der Waals surface area contributed by atoms with E-state index in [1.54, 1.807) is 18.4 Å². The molecule has 0 radical (unpaired) electrons. The van der Waals surface area contributed by atoms with Crippen molar-refractivity contribution < 1.29 is 28.6 Å². The van der Waals surface area contributed by atoms with Crippen LogP contribution in [0.25, 0.3) is 0 Å². The quantitative estimate of drug-likeness (QED) is 0.168. The molecule has 0 spiro atoms. The summed E-state index contributed by atoms with van der Waals surface area (Å²) in [5, 5.41) is 4.23. The topological polar surface area (TPSA) is 104 Å². The number of aryl methyl sites for hydroxylation is 1. The summed E-state index contributed by atoms with van der Waals surface area (Å²) >= 11 is 1.68. The first-order valence-electron chi connectivity index (χ1n) is 8.19. The van der Waals surface area contributed by atoms with Crippen molar-refractivity contribution in [1.82, 2.24) is 4.90 Å². The SMILES string of the molecule is CC(OC(=O)CCOCCON=O)OC(=O)N(C)CCCc1cccs1. The molecule has 1 rings (SSSR count). The number of carbonyl (C=O) groups is 2. The fourth-order valence-electron chi connectivity index (χ4n) is 1.93. The molecule has 0 saturated heterocycles. The first kappa shape index (κ1) is 21.8. The molecule has 1 aromatic heterocycles. The van der Waals surface area contributed by atoms with Crippen molar-refractivity contribution in [2.24, 2.45) is 5.34 Å². The molecule has 26 heavy (non-hydrogen) atoms. The summed E-state index contributed by atoms with van der Waals surface area (Å²) in [7, 11) is 1.63. The number of thiophene rings is 1. The summed E-state index contributed by atoms with van der Waals surface area (Å²) in [6.45, 7) is 2.28. The van der Waals surface area contributed by atoms with E-state index in [2.05, 4.69) is 16.2 Å². The zero-order chi connectivity index (χ0) is 19.2. The zero-order valence-corrected chi connectivity index (χ0v) is 15.7. The van der Waals surface area contributed by atoms with Crippen LogP contribution in [0, 0.1) is 4.91 Å². The molecule has 0 fully saturated rings. The van der Waals surface area contributed by atoms with Crippen molar-refractivity contribution in [2.45, 2.75) is 32.5 Å². The number of ether oxygens (including phenoxy) is 3. The Balaban J connectivity index is 2.11. The van der Waals surface area contributed by atoms with Gasteiger partial charge in [0.05, 0.1) is 19.6 Å². The van der Waals surface area contributed by atoms with Crippen molar-refractivity contribution in [3.8, 4) is 0 Å². The standard InChI is InChI=1S/C16H24N2O7S/c1-13(24-15(19)7-9-22-10-11-23-17-21)25-16(20)18(2)8-3-5-14-6-4-12-26-14/h4,6,12-13H,3,5,7-11H2,1-2H3. The predicted molar refractivity (Wildman–Crippen MR) is 94.5 cm³/mol. The first-order chi connectivity index (χ1) is 12.5. The highest BCUT2D eigenvalue weighted by atomic mass is 32.1. The molecule has 9 nitrogen and oxygen atoms in total. The van der Waals surface area contributed by atoms with Gasteiger partial charge in [0.15, 0.2) is 5.34 Å². The van der Waals surface area contributed by atoms with Crippen LogP contribution >= 0.6 is 11.3 Å². The second-order valence-corrected chi connectivity index (χ2v) is 6.35. The minimum Gasteiger partial charge on any atom is -0.425 e. The van der Waals surface area contributed by atoms with Crippen LogP contribution in [0.2, 0.25) is 0 Å². The van der Waals surface area contributed by atoms with Gasteiger partial charge in [-0.25, -0.2) is 4.79 Å². The lowest BCUT2D eigenvalue weighted by atomic mass is 10.2. The Morgan fingerprint density at radius 1 is 1.27 bits per heavy atom. The molecule has 1 amide bonds. The van der Waals surface area contributed by atoms with Crippen LogP contribution in [0.1, 0.15) is 24.6 Å². The maximum absolute atomic E-state index is 11.9. The van der Waals surface area contributed by atoms with Crippen molar-refractivity contribution >= 4 is 23.4 Å². The van der Waals surface area contributed by atoms with Crippen LogP contribution in [-0.4, -0.2) is 56.7 Å². The fourth-order valence-corrected chi connectivity index (χ4v) is 2.68. The molecular weight excluding hydrogens is 364 g/mol. The van der Waals surface area contributed by atoms with E-state index >= 15 is 0 Å². The predicted octanol–water partition coefficient (Wildman–Crippen LogP) is 2.74. The Bertz CT molecular complexity index is 539. The van der Waals surface area contributed by atoms with Gasteiger partial charge in [-0.1, -0.05) is 6.07 Å². The molecule has 0 N–H and O–H groups in total. The number of hydrogen-bond donors (Lipinski definition) is 0. The maximum atomic E-state index is 11.9. The zero-order valence-electron chi connectivity index (χ0n) is 14.9. The van der Waals surface area contributed by atoms with Crippen molar-refractivity contribution in [2.75, 3.05) is 33.4 Å². The lowest BCUT2D eigenvalue weighted by molar-refractivity contribution is -0.167. The molecule has 0 aliphatic heterocycles. The monoisotopic (exact) mass is 388 g/mol. The third-order valence-corrected chi connectivity index (χ3v) is 4.13. The molecule has 0 aliphatic carbocycles. The lowest BCUT2D eigenvalue weighted by Crippen LogP contribution is -2.33. The summed E-state index contributed by atoms with van der Waals surface area (Å²) in [5.74, 6) is -0.555. The van der Waals surface area contributed by atoms with Gasteiger partial charge in [-0.3, -0.25) is 4.79 Å². The molecular formula is C16H24N2O7S. The highest BCUT2D eigenvalue weighted by Crippen LogP contribution is 2.11. The number of nitrogens with zero attached hydrogens (tertiary/aromatic N) is 2. The second kappa shape index (κ2) is 13.1. The van der Waals surface area contributed by atoms with Gasteiger partial charge in [0.25, 0.3) is 0 Å². The fraction of sp³-hybridized carbons (Fsp3) is 0.625. The average Bonchev–Trinajstić information content (AvgIpc) is 3.11. The highest BCUT2D eigenvalue weighted by molar-refractivity contribution is 7.09. The summed E-state index contributed by atoms with van der Waals surface area (Å²) < 4.78 is 15.1. The molecule has 1 aromatic rings. The third kappa shape index (κ3) is 9.94. The largest absolute Gasteiger partial charge is 0.425 e. The molecule has 1 heterocycles. The number of carbonyl (C=O) groups excluding carboxylic acids is 2. The van der Waals surface area contributed by atoms with E-state index in [1.165, 1.54) is 16.7 Å². The Morgan fingerprint density at radius 2 is 2.08 bits per heavy atom. The van der Waals surface area contributed by atoms with Crippen LogP contribution < -0.4 is 0 Å². The normalized spacial score (nSPS) is 11.5. The van der Waals surface area contributed by atoms with Gasteiger partial charge in [-0.05, 0) is 24.3 Å². The number of amides is 1. The Kier molecular flexibility index (Phi) is 11.0. The molecule has 0 bridgehead atoms. The van der Waals surface area contributed by atoms with E-state index in [-0.39, 0.29) is 26.2 Å². The highest BCUT2D eigenvalue weighted by Gasteiger charge is 2.17. The molecule has 0 saturated carbocycles. The van der Waals surface area contributed by atoms with Crippen LogP contribution in [0.4, 0.5) is 4.79 Å².